The molecule has 0 radical (unpaired) electrons. The second-order valence-corrected chi connectivity index (χ2v) is 5.35. The van der Waals surface area contributed by atoms with Gasteiger partial charge >= 0.3 is 0 Å². The number of nitrogens with one attached hydrogen (secondary N) is 2. The number of para-hydroxylation sites is 1. The molecule has 1 aromatic carbocycles. The molecule has 2 rings (SSSR count). The van der Waals surface area contributed by atoms with Crippen LogP contribution in [0.15, 0.2) is 18.2 Å². The Kier molecular flexibility index (Phi) is 4.49. The average Bonchev–Trinajstić information content (AvgIpc) is 3.10. The first kappa shape index (κ1) is 13.7. The van der Waals surface area contributed by atoms with E-state index in [-0.39, 0.29) is 5.91 Å². The molecule has 2 N–H and O–H groups in total. The lowest BCUT2D eigenvalue weighted by molar-refractivity contribution is -0.115. The summed E-state index contributed by atoms with van der Waals surface area (Å²) in [6.07, 6.45) is 2.33. The molecular formula is C13H16Cl2N2O. The van der Waals surface area contributed by atoms with Gasteiger partial charge in [-0.2, -0.15) is 0 Å². The van der Waals surface area contributed by atoms with Crippen molar-refractivity contribution in [3.8, 4) is 0 Å². The zero-order chi connectivity index (χ0) is 13.1. The van der Waals surface area contributed by atoms with E-state index in [1.807, 2.05) is 0 Å². The minimum atomic E-state index is -0.119. The molecule has 1 saturated carbocycles. The molecule has 1 amide bonds. The topological polar surface area (TPSA) is 41.1 Å². The number of anilines is 1. The van der Waals surface area contributed by atoms with Crippen molar-refractivity contribution in [1.29, 1.82) is 0 Å². The van der Waals surface area contributed by atoms with Crippen molar-refractivity contribution < 1.29 is 4.79 Å². The highest BCUT2D eigenvalue weighted by Crippen LogP contribution is 2.33. The van der Waals surface area contributed by atoms with Crippen LogP contribution in [0.25, 0.3) is 0 Å². The van der Waals surface area contributed by atoms with E-state index in [4.69, 9.17) is 23.2 Å². The number of carbonyl (C=O) groups excluding carboxylic acids is 1. The molecule has 98 valence electrons. The normalized spacial score (nSPS) is 21.7. The molecular weight excluding hydrogens is 271 g/mol. The Morgan fingerprint density at radius 3 is 2.61 bits per heavy atom. The molecule has 0 bridgehead atoms. The fourth-order valence-corrected chi connectivity index (χ4v) is 2.47. The van der Waals surface area contributed by atoms with Gasteiger partial charge in [0.2, 0.25) is 5.91 Å². The molecule has 0 aliphatic heterocycles. The first-order chi connectivity index (χ1) is 8.61. The fourth-order valence-electron chi connectivity index (χ4n) is 1.97. The third-order valence-corrected chi connectivity index (χ3v) is 3.83. The first-order valence-electron chi connectivity index (χ1n) is 6.09. The molecule has 5 heteroatoms. The summed E-state index contributed by atoms with van der Waals surface area (Å²) in [6, 6.07) is 5.63. The summed E-state index contributed by atoms with van der Waals surface area (Å²) in [7, 11) is 0. The maximum atomic E-state index is 11.8. The third kappa shape index (κ3) is 3.37. The summed E-state index contributed by atoms with van der Waals surface area (Å²) in [5.74, 6) is 0.605. The van der Waals surface area contributed by atoms with Gasteiger partial charge in [-0.1, -0.05) is 42.6 Å². The van der Waals surface area contributed by atoms with Crippen LogP contribution in [-0.2, 0) is 4.79 Å². The predicted octanol–water partition coefficient (Wildman–Crippen LogP) is 3.32. The summed E-state index contributed by atoms with van der Waals surface area (Å²) in [5.41, 5.74) is 0.482. The van der Waals surface area contributed by atoms with E-state index in [9.17, 15) is 4.79 Å². The highest BCUT2D eigenvalue weighted by Gasteiger charge is 2.34. The van der Waals surface area contributed by atoms with Gasteiger partial charge in [-0.3, -0.25) is 4.79 Å². The summed E-state index contributed by atoms with van der Waals surface area (Å²) in [6.45, 7) is 2.46. The van der Waals surface area contributed by atoms with Gasteiger partial charge in [0.05, 0.1) is 22.3 Å². The molecule has 0 spiro atoms. The lowest BCUT2D eigenvalue weighted by Crippen LogP contribution is -2.30. The van der Waals surface area contributed by atoms with E-state index in [2.05, 4.69) is 17.6 Å². The Morgan fingerprint density at radius 2 is 2.06 bits per heavy atom. The van der Waals surface area contributed by atoms with Gasteiger partial charge in [-0.15, -0.1) is 0 Å². The van der Waals surface area contributed by atoms with Crippen LogP contribution >= 0.6 is 23.2 Å². The fraction of sp³-hybridized carbons (Fsp3) is 0.462. The lowest BCUT2D eigenvalue weighted by Gasteiger charge is -2.09. The van der Waals surface area contributed by atoms with Crippen molar-refractivity contribution in [1.82, 2.24) is 5.32 Å². The monoisotopic (exact) mass is 286 g/mol. The van der Waals surface area contributed by atoms with Gasteiger partial charge < -0.3 is 10.6 Å². The Bertz CT molecular complexity index is 430. The molecule has 0 heterocycles. The molecule has 0 aromatic heterocycles. The number of amides is 1. The maximum absolute atomic E-state index is 11.8. The second kappa shape index (κ2) is 5.91. The van der Waals surface area contributed by atoms with Crippen LogP contribution in [0, 0.1) is 5.92 Å². The summed E-state index contributed by atoms with van der Waals surface area (Å²) in [5, 5.41) is 6.85. The number of benzene rings is 1. The summed E-state index contributed by atoms with van der Waals surface area (Å²) >= 11 is 11.9. The Balaban J connectivity index is 1.84. The lowest BCUT2D eigenvalue weighted by atomic mass is 10.3. The third-order valence-electron chi connectivity index (χ3n) is 3.20. The van der Waals surface area contributed by atoms with Crippen molar-refractivity contribution in [2.75, 3.05) is 11.9 Å². The number of hydrogen-bond donors (Lipinski definition) is 2. The number of hydrogen-bond acceptors (Lipinski definition) is 2. The SMILES string of the molecule is CCC1CC1NCC(=O)Nc1c(Cl)cccc1Cl. The minimum Gasteiger partial charge on any atom is -0.322 e. The highest BCUT2D eigenvalue weighted by molar-refractivity contribution is 6.39. The molecule has 2 atom stereocenters. The van der Waals surface area contributed by atoms with Crippen LogP contribution in [-0.4, -0.2) is 18.5 Å². The van der Waals surface area contributed by atoms with Crippen LogP contribution in [0.2, 0.25) is 10.0 Å². The van der Waals surface area contributed by atoms with Crippen LogP contribution in [0.5, 0.6) is 0 Å². The van der Waals surface area contributed by atoms with Crippen molar-refractivity contribution in [3.63, 3.8) is 0 Å². The Morgan fingerprint density at radius 1 is 1.39 bits per heavy atom. The van der Waals surface area contributed by atoms with Crippen molar-refractivity contribution in [3.05, 3.63) is 28.2 Å². The van der Waals surface area contributed by atoms with Gasteiger partial charge in [-0.05, 0) is 24.5 Å². The van der Waals surface area contributed by atoms with Gasteiger partial charge in [0, 0.05) is 6.04 Å². The summed E-state index contributed by atoms with van der Waals surface area (Å²) < 4.78 is 0. The quantitative estimate of drug-likeness (QED) is 0.872. The van der Waals surface area contributed by atoms with Gasteiger partial charge in [0.25, 0.3) is 0 Å². The second-order valence-electron chi connectivity index (χ2n) is 4.54. The molecule has 1 fully saturated rings. The Labute approximate surface area is 117 Å². The molecule has 3 nitrogen and oxygen atoms in total. The number of rotatable bonds is 5. The van der Waals surface area contributed by atoms with Gasteiger partial charge in [0.1, 0.15) is 0 Å². The standard InChI is InChI=1S/C13H16Cl2N2O/c1-2-8-6-11(8)16-7-12(18)17-13-9(14)4-3-5-10(13)15/h3-5,8,11,16H,2,6-7H2,1H3,(H,17,18). The van der Waals surface area contributed by atoms with Crippen molar-refractivity contribution >= 4 is 34.8 Å². The van der Waals surface area contributed by atoms with Crippen molar-refractivity contribution in [2.24, 2.45) is 5.92 Å². The number of halogens is 2. The van der Waals surface area contributed by atoms with E-state index >= 15 is 0 Å². The zero-order valence-electron chi connectivity index (χ0n) is 10.2. The number of carbonyl (C=O) groups is 1. The minimum absolute atomic E-state index is 0.119. The van der Waals surface area contributed by atoms with Gasteiger partial charge in [0.15, 0.2) is 0 Å². The molecule has 18 heavy (non-hydrogen) atoms. The zero-order valence-corrected chi connectivity index (χ0v) is 11.7. The van der Waals surface area contributed by atoms with E-state index in [0.29, 0.717) is 28.3 Å². The first-order valence-corrected chi connectivity index (χ1v) is 6.84. The smallest absolute Gasteiger partial charge is 0.238 e. The van der Waals surface area contributed by atoms with E-state index in [1.54, 1.807) is 18.2 Å². The maximum Gasteiger partial charge on any atom is 0.238 e. The molecule has 1 aliphatic carbocycles. The van der Waals surface area contributed by atoms with Crippen LogP contribution in [0.4, 0.5) is 5.69 Å². The highest BCUT2D eigenvalue weighted by atomic mass is 35.5. The largest absolute Gasteiger partial charge is 0.322 e. The molecule has 0 saturated heterocycles. The molecule has 2 unspecified atom stereocenters. The summed E-state index contributed by atoms with van der Waals surface area (Å²) in [4.78, 5) is 11.8. The van der Waals surface area contributed by atoms with E-state index in [0.717, 1.165) is 18.8 Å². The predicted molar refractivity (Wildman–Crippen MR) is 75.3 cm³/mol. The van der Waals surface area contributed by atoms with E-state index in [1.165, 1.54) is 0 Å². The van der Waals surface area contributed by atoms with Crippen molar-refractivity contribution in [2.45, 2.75) is 25.8 Å². The average molecular weight is 287 g/mol. The molecule has 1 aromatic rings. The van der Waals surface area contributed by atoms with Crippen LogP contribution in [0.1, 0.15) is 19.8 Å². The molecule has 1 aliphatic rings. The van der Waals surface area contributed by atoms with Crippen LogP contribution < -0.4 is 10.6 Å². The Hall–Kier alpha value is -0.770. The van der Waals surface area contributed by atoms with Gasteiger partial charge in [-0.25, -0.2) is 0 Å². The van der Waals surface area contributed by atoms with Crippen LogP contribution in [0.3, 0.4) is 0 Å². The van der Waals surface area contributed by atoms with E-state index < -0.39 is 0 Å².